The van der Waals surface area contributed by atoms with Gasteiger partial charge in [0.05, 0.1) is 19.2 Å². The van der Waals surface area contributed by atoms with Crippen LogP contribution in [0, 0.1) is 0 Å². The Labute approximate surface area is 148 Å². The molecule has 0 saturated heterocycles. The minimum absolute atomic E-state index is 0.327. The molecule has 0 radical (unpaired) electrons. The van der Waals surface area contributed by atoms with Gasteiger partial charge in [-0.1, -0.05) is 28.1 Å². The van der Waals surface area contributed by atoms with Crippen LogP contribution in [-0.2, 0) is 10.4 Å². The van der Waals surface area contributed by atoms with E-state index < -0.39 is 11.5 Å². The van der Waals surface area contributed by atoms with Crippen molar-refractivity contribution in [3.8, 4) is 5.75 Å². The highest BCUT2D eigenvalue weighted by molar-refractivity contribution is 9.10. The Bertz CT molecular complexity index is 836. The van der Waals surface area contributed by atoms with Gasteiger partial charge in [0.15, 0.2) is 11.4 Å². The zero-order valence-corrected chi connectivity index (χ0v) is 14.8. The molecule has 1 aliphatic heterocycles. The molecule has 0 fully saturated rings. The number of ether oxygens (including phenoxy) is 1. The second-order valence-electron chi connectivity index (χ2n) is 5.72. The van der Waals surface area contributed by atoms with Crippen molar-refractivity contribution in [1.29, 1.82) is 0 Å². The van der Waals surface area contributed by atoms with Crippen LogP contribution in [0.4, 0.5) is 5.69 Å². The van der Waals surface area contributed by atoms with Crippen LogP contribution in [0.1, 0.15) is 22.3 Å². The molecule has 1 heterocycles. The van der Waals surface area contributed by atoms with Crippen molar-refractivity contribution in [3.05, 3.63) is 58.1 Å². The number of carbonyl (C=O) groups excluding carboxylic acids is 2. The molecule has 2 aromatic rings. The van der Waals surface area contributed by atoms with Gasteiger partial charge in [0, 0.05) is 22.6 Å². The molecule has 1 N–H and O–H groups in total. The Morgan fingerprint density at radius 2 is 2.04 bits per heavy atom. The Morgan fingerprint density at radius 1 is 1.29 bits per heavy atom. The van der Waals surface area contributed by atoms with Crippen molar-refractivity contribution in [1.82, 2.24) is 0 Å². The molecule has 3 rings (SSSR count). The van der Waals surface area contributed by atoms with Crippen LogP contribution in [0.3, 0.4) is 0 Å². The van der Waals surface area contributed by atoms with Crippen LogP contribution in [0.2, 0.25) is 0 Å². The summed E-state index contributed by atoms with van der Waals surface area (Å²) in [6.07, 6.45) is -0.327. The van der Waals surface area contributed by atoms with Crippen molar-refractivity contribution >= 4 is 33.3 Å². The lowest BCUT2D eigenvalue weighted by molar-refractivity contribution is -0.135. The molecule has 24 heavy (non-hydrogen) atoms. The van der Waals surface area contributed by atoms with Gasteiger partial charge in [-0.05, 0) is 30.3 Å². The third-order valence-electron chi connectivity index (χ3n) is 4.23. The van der Waals surface area contributed by atoms with Crippen molar-refractivity contribution in [3.63, 3.8) is 0 Å². The van der Waals surface area contributed by atoms with E-state index >= 15 is 0 Å². The third kappa shape index (κ3) is 2.61. The molecule has 1 aliphatic rings. The van der Waals surface area contributed by atoms with Crippen LogP contribution in [0.5, 0.6) is 5.75 Å². The number of amides is 1. The first-order valence-electron chi connectivity index (χ1n) is 7.34. The van der Waals surface area contributed by atoms with Gasteiger partial charge in [0.1, 0.15) is 5.75 Å². The van der Waals surface area contributed by atoms with E-state index in [1.165, 1.54) is 12.0 Å². The largest absolute Gasteiger partial charge is 0.497 e. The summed E-state index contributed by atoms with van der Waals surface area (Å²) in [6, 6.07) is 11.9. The molecule has 0 aliphatic carbocycles. The lowest BCUT2D eigenvalue weighted by Gasteiger charge is -2.21. The first-order chi connectivity index (χ1) is 11.4. The maximum Gasteiger partial charge on any atom is 0.263 e. The van der Waals surface area contributed by atoms with Gasteiger partial charge in [-0.25, -0.2) is 0 Å². The van der Waals surface area contributed by atoms with Crippen LogP contribution in [0.15, 0.2) is 46.9 Å². The van der Waals surface area contributed by atoms with Crippen molar-refractivity contribution in [2.75, 3.05) is 19.1 Å². The number of benzene rings is 2. The lowest BCUT2D eigenvalue weighted by atomic mass is 9.88. The number of ketones is 1. The summed E-state index contributed by atoms with van der Waals surface area (Å²) in [6.45, 7) is 0. The highest BCUT2D eigenvalue weighted by atomic mass is 79.9. The number of nitrogens with zero attached hydrogens (tertiary/aromatic N) is 1. The number of anilines is 1. The van der Waals surface area contributed by atoms with E-state index in [2.05, 4.69) is 15.9 Å². The maximum atomic E-state index is 12.6. The zero-order valence-electron chi connectivity index (χ0n) is 13.2. The number of halogens is 1. The normalized spacial score (nSPS) is 19.3. The van der Waals surface area contributed by atoms with Gasteiger partial charge in [0.2, 0.25) is 0 Å². The van der Waals surface area contributed by atoms with E-state index in [0.29, 0.717) is 22.6 Å². The van der Waals surface area contributed by atoms with Gasteiger partial charge >= 0.3 is 0 Å². The van der Waals surface area contributed by atoms with Gasteiger partial charge in [-0.3, -0.25) is 9.59 Å². The molecular weight excluding hydrogens is 374 g/mol. The number of rotatable bonds is 4. The zero-order chi connectivity index (χ0) is 17.5. The molecule has 124 valence electrons. The Balaban J connectivity index is 1.98. The summed E-state index contributed by atoms with van der Waals surface area (Å²) in [4.78, 5) is 26.6. The standard InChI is InChI=1S/C18H16BrNO4/c1-20-15-7-6-12(19)9-14(15)18(23,17(20)22)10-16(21)11-4-3-5-13(8-11)24-2/h3-9,23H,10H2,1-2H3/t18-/m0/s1. The Kier molecular flexibility index (Phi) is 4.19. The number of likely N-dealkylation sites (N-methyl/N-ethyl adjacent to an activating group) is 1. The fraction of sp³-hybridized carbons (Fsp3) is 0.222. The predicted octanol–water partition coefficient (Wildman–Crippen LogP) is 2.89. The van der Waals surface area contributed by atoms with E-state index in [1.54, 1.807) is 49.5 Å². The van der Waals surface area contributed by atoms with E-state index in [9.17, 15) is 14.7 Å². The molecule has 5 nitrogen and oxygen atoms in total. The Morgan fingerprint density at radius 3 is 2.75 bits per heavy atom. The molecule has 6 heteroatoms. The van der Waals surface area contributed by atoms with Crippen LogP contribution < -0.4 is 9.64 Å². The number of aliphatic hydroxyl groups is 1. The second kappa shape index (κ2) is 6.03. The predicted molar refractivity (Wildman–Crippen MR) is 93.4 cm³/mol. The van der Waals surface area contributed by atoms with E-state index in [1.807, 2.05) is 0 Å². The van der Waals surface area contributed by atoms with Crippen LogP contribution in [0.25, 0.3) is 0 Å². The number of fused-ring (bicyclic) bond motifs is 1. The van der Waals surface area contributed by atoms with Crippen LogP contribution >= 0.6 is 15.9 Å². The topological polar surface area (TPSA) is 66.8 Å². The molecule has 0 spiro atoms. The van der Waals surface area contributed by atoms with Gasteiger partial charge < -0.3 is 14.7 Å². The highest BCUT2D eigenvalue weighted by Gasteiger charge is 2.49. The average Bonchev–Trinajstić information content (AvgIpc) is 2.76. The quantitative estimate of drug-likeness (QED) is 0.816. The molecule has 0 unspecified atom stereocenters. The Hall–Kier alpha value is -2.18. The number of hydrogen-bond acceptors (Lipinski definition) is 4. The van der Waals surface area contributed by atoms with Gasteiger partial charge in [-0.2, -0.15) is 0 Å². The summed E-state index contributed by atoms with van der Waals surface area (Å²) < 4.78 is 5.85. The summed E-state index contributed by atoms with van der Waals surface area (Å²) in [5.74, 6) is -0.288. The second-order valence-corrected chi connectivity index (χ2v) is 6.63. The number of Topliss-reactive ketones (excluding diaryl/α,β-unsaturated/α-hetero) is 1. The van der Waals surface area contributed by atoms with E-state index in [-0.39, 0.29) is 12.2 Å². The molecular formula is C18H16BrNO4. The van der Waals surface area contributed by atoms with E-state index in [4.69, 9.17) is 4.74 Å². The van der Waals surface area contributed by atoms with Crippen molar-refractivity contribution < 1.29 is 19.4 Å². The summed E-state index contributed by atoms with van der Waals surface area (Å²) in [5, 5.41) is 11.0. The van der Waals surface area contributed by atoms with Gasteiger partial charge in [0.25, 0.3) is 5.91 Å². The summed E-state index contributed by atoms with van der Waals surface area (Å²) >= 11 is 3.34. The minimum atomic E-state index is -1.87. The first-order valence-corrected chi connectivity index (χ1v) is 8.14. The molecule has 2 aromatic carbocycles. The summed E-state index contributed by atoms with van der Waals surface area (Å²) in [7, 11) is 3.10. The highest BCUT2D eigenvalue weighted by Crippen LogP contribution is 2.43. The molecule has 0 saturated carbocycles. The SMILES string of the molecule is COc1cccc(C(=O)C[C@@]2(O)C(=O)N(C)c3ccc(Br)cc32)c1. The fourth-order valence-corrected chi connectivity index (χ4v) is 3.30. The van der Waals surface area contributed by atoms with Crippen molar-refractivity contribution in [2.24, 2.45) is 0 Å². The van der Waals surface area contributed by atoms with Crippen molar-refractivity contribution in [2.45, 2.75) is 12.0 Å². The maximum absolute atomic E-state index is 12.6. The minimum Gasteiger partial charge on any atom is -0.497 e. The first kappa shape index (κ1) is 16.7. The molecule has 0 aromatic heterocycles. The monoisotopic (exact) mass is 389 g/mol. The summed E-state index contributed by atoms with van der Waals surface area (Å²) in [5.41, 5.74) is -0.444. The van der Waals surface area contributed by atoms with E-state index in [0.717, 1.165) is 4.47 Å². The van der Waals surface area contributed by atoms with Crippen LogP contribution in [-0.4, -0.2) is 31.0 Å². The molecule has 1 amide bonds. The molecule has 0 bridgehead atoms. The number of hydrogen-bond donors (Lipinski definition) is 1. The van der Waals surface area contributed by atoms with Gasteiger partial charge in [-0.15, -0.1) is 0 Å². The lowest BCUT2D eigenvalue weighted by Crippen LogP contribution is -2.40. The number of methoxy groups -OCH3 is 1. The third-order valence-corrected chi connectivity index (χ3v) is 4.73. The number of carbonyl (C=O) groups is 2. The fourth-order valence-electron chi connectivity index (χ4n) is 2.94. The molecule has 1 atom stereocenters. The average molecular weight is 390 g/mol. The smallest absolute Gasteiger partial charge is 0.263 e.